The highest BCUT2D eigenvalue weighted by molar-refractivity contribution is 5.91. The first-order valence-electron chi connectivity index (χ1n) is 9.45. The molecule has 3 rings (SSSR count). The van der Waals surface area contributed by atoms with Gasteiger partial charge in [-0.2, -0.15) is 5.10 Å². The molecule has 1 N–H and O–H groups in total. The Balaban J connectivity index is 1.86. The predicted molar refractivity (Wildman–Crippen MR) is 108 cm³/mol. The zero-order chi connectivity index (χ0) is 21.3. The summed E-state index contributed by atoms with van der Waals surface area (Å²) in [5.74, 6) is -0.269. The van der Waals surface area contributed by atoms with Crippen molar-refractivity contribution in [2.24, 2.45) is 0 Å². The van der Waals surface area contributed by atoms with Crippen molar-refractivity contribution in [3.63, 3.8) is 0 Å². The van der Waals surface area contributed by atoms with Gasteiger partial charge >= 0.3 is 0 Å². The summed E-state index contributed by atoms with van der Waals surface area (Å²) in [7, 11) is 0. The molecule has 29 heavy (non-hydrogen) atoms. The topological polar surface area (TPSA) is 68.9 Å². The van der Waals surface area contributed by atoms with Crippen molar-refractivity contribution in [3.05, 3.63) is 57.5 Å². The van der Waals surface area contributed by atoms with Gasteiger partial charge in [-0.1, -0.05) is 6.07 Å². The van der Waals surface area contributed by atoms with Crippen LogP contribution in [0, 0.1) is 13.8 Å². The third-order valence-corrected chi connectivity index (χ3v) is 4.94. The summed E-state index contributed by atoms with van der Waals surface area (Å²) in [6.07, 6.45) is -1.24. The zero-order valence-corrected chi connectivity index (χ0v) is 16.9. The molecule has 1 aromatic carbocycles. The Morgan fingerprint density at radius 1 is 1.17 bits per heavy atom. The smallest absolute Gasteiger partial charge is 0.264 e. The van der Waals surface area contributed by atoms with Gasteiger partial charge in [0.1, 0.15) is 0 Å². The van der Waals surface area contributed by atoms with Crippen LogP contribution in [0.1, 0.15) is 49.4 Å². The van der Waals surface area contributed by atoms with Gasteiger partial charge in [0.15, 0.2) is 5.65 Å². The lowest BCUT2D eigenvalue weighted by atomic mass is 10.1. The van der Waals surface area contributed by atoms with Gasteiger partial charge in [0.2, 0.25) is 5.91 Å². The predicted octanol–water partition coefficient (Wildman–Crippen LogP) is 4.36. The average Bonchev–Trinajstić information content (AvgIpc) is 3.08. The molecule has 0 fully saturated rings. The number of carbonyl (C=O) groups excluding carboxylic acids is 1. The van der Waals surface area contributed by atoms with Crippen LogP contribution in [0.25, 0.3) is 11.0 Å². The van der Waals surface area contributed by atoms with Crippen LogP contribution in [0.5, 0.6) is 0 Å². The summed E-state index contributed by atoms with van der Waals surface area (Å²) in [6.45, 7) is 7.72. The molecular formula is C21H24F2N4O2. The molecule has 6 nitrogen and oxygen atoms in total. The molecule has 0 aliphatic rings. The van der Waals surface area contributed by atoms with Crippen LogP contribution < -0.4 is 10.9 Å². The number of nitrogens with one attached hydrogen (secondary N) is 1. The molecule has 0 atom stereocenters. The number of nitrogens with zero attached hydrogens (tertiary/aromatic N) is 3. The number of aryl methyl sites for hydroxylation is 3. The number of amides is 1. The highest BCUT2D eigenvalue weighted by Crippen LogP contribution is 2.26. The summed E-state index contributed by atoms with van der Waals surface area (Å²) < 4.78 is 29.6. The molecular weight excluding hydrogens is 378 g/mol. The van der Waals surface area contributed by atoms with E-state index in [1.807, 2.05) is 45.9 Å². The lowest BCUT2D eigenvalue weighted by Gasteiger charge is -2.10. The van der Waals surface area contributed by atoms with E-state index < -0.39 is 12.0 Å². The number of pyridine rings is 1. The van der Waals surface area contributed by atoms with E-state index in [-0.39, 0.29) is 41.5 Å². The Kier molecular flexibility index (Phi) is 5.81. The zero-order valence-electron chi connectivity index (χ0n) is 16.9. The van der Waals surface area contributed by atoms with Crippen molar-refractivity contribution in [2.45, 2.75) is 53.1 Å². The number of halogens is 2. The number of alkyl halides is 2. The van der Waals surface area contributed by atoms with Crippen molar-refractivity contribution >= 4 is 22.6 Å². The summed E-state index contributed by atoms with van der Waals surface area (Å²) >= 11 is 0. The molecule has 3 aromatic rings. The molecule has 0 saturated carbocycles. The van der Waals surface area contributed by atoms with E-state index in [0.29, 0.717) is 5.69 Å². The number of hydrogen-bond donors (Lipinski definition) is 1. The molecule has 1 amide bonds. The Morgan fingerprint density at radius 2 is 1.90 bits per heavy atom. The number of rotatable bonds is 6. The highest BCUT2D eigenvalue weighted by atomic mass is 19.3. The van der Waals surface area contributed by atoms with Crippen LogP contribution >= 0.6 is 0 Å². The Hall–Kier alpha value is -3.03. The molecule has 0 radical (unpaired) electrons. The van der Waals surface area contributed by atoms with Gasteiger partial charge in [-0.15, -0.1) is 0 Å². The minimum absolute atomic E-state index is 0.0183. The van der Waals surface area contributed by atoms with Gasteiger partial charge in [-0.05, 0) is 51.0 Å². The highest BCUT2D eigenvalue weighted by Gasteiger charge is 2.20. The minimum atomic E-state index is -2.78. The first-order valence-corrected chi connectivity index (χ1v) is 9.45. The summed E-state index contributed by atoms with van der Waals surface area (Å²) in [4.78, 5) is 24.8. The Bertz CT molecular complexity index is 1120. The fourth-order valence-electron chi connectivity index (χ4n) is 3.10. The molecule has 0 spiro atoms. The van der Waals surface area contributed by atoms with Crippen molar-refractivity contribution in [3.8, 4) is 0 Å². The van der Waals surface area contributed by atoms with E-state index in [9.17, 15) is 18.4 Å². The molecule has 2 heterocycles. The molecule has 0 bridgehead atoms. The standard InChI is InChI=1S/C21H24F2N4O2/c1-12(2)27-11-17-16(20(22)23)10-19(29)26(21(17)25-27)8-7-18(28)24-15-6-5-13(3)14(4)9-15/h5-6,9-12,20H,7-8H2,1-4H3,(H,24,28). The normalized spacial score (nSPS) is 11.6. The summed E-state index contributed by atoms with van der Waals surface area (Å²) in [5, 5.41) is 7.34. The van der Waals surface area contributed by atoms with Crippen molar-refractivity contribution in [1.29, 1.82) is 0 Å². The van der Waals surface area contributed by atoms with E-state index in [2.05, 4.69) is 10.4 Å². The quantitative estimate of drug-likeness (QED) is 0.666. The van der Waals surface area contributed by atoms with Crippen molar-refractivity contribution < 1.29 is 13.6 Å². The number of hydrogen-bond acceptors (Lipinski definition) is 3. The van der Waals surface area contributed by atoms with Gasteiger partial charge in [-0.25, -0.2) is 8.78 Å². The van der Waals surface area contributed by atoms with E-state index in [1.165, 1.54) is 10.8 Å². The molecule has 154 valence electrons. The molecule has 0 saturated heterocycles. The maximum atomic E-state index is 13.4. The summed E-state index contributed by atoms with van der Waals surface area (Å²) in [5.41, 5.74) is 2.08. The second-order valence-electron chi connectivity index (χ2n) is 7.43. The Labute approximate surface area is 167 Å². The molecule has 8 heteroatoms. The van der Waals surface area contributed by atoms with Gasteiger partial charge in [0.25, 0.3) is 12.0 Å². The number of fused-ring (bicyclic) bond motifs is 1. The minimum Gasteiger partial charge on any atom is -0.326 e. The largest absolute Gasteiger partial charge is 0.326 e. The van der Waals surface area contributed by atoms with Gasteiger partial charge < -0.3 is 5.32 Å². The number of carbonyl (C=O) groups is 1. The number of benzene rings is 1. The monoisotopic (exact) mass is 402 g/mol. The third kappa shape index (κ3) is 4.36. The molecule has 0 aliphatic heterocycles. The van der Waals surface area contributed by atoms with Crippen LogP contribution in [-0.4, -0.2) is 20.3 Å². The molecule has 0 aliphatic carbocycles. The molecule has 0 unspecified atom stereocenters. The Morgan fingerprint density at radius 3 is 2.52 bits per heavy atom. The first-order chi connectivity index (χ1) is 13.7. The van der Waals surface area contributed by atoms with Crippen LogP contribution in [0.4, 0.5) is 14.5 Å². The SMILES string of the molecule is Cc1ccc(NC(=O)CCn2c(=O)cc(C(F)F)c3cn(C(C)C)nc32)cc1C. The van der Waals surface area contributed by atoms with Crippen LogP contribution in [0.3, 0.4) is 0 Å². The van der Waals surface area contributed by atoms with Gasteiger partial charge in [0.05, 0.1) is 0 Å². The van der Waals surface area contributed by atoms with E-state index in [4.69, 9.17) is 0 Å². The second-order valence-corrected chi connectivity index (χ2v) is 7.43. The van der Waals surface area contributed by atoms with Crippen LogP contribution in [0.15, 0.2) is 35.3 Å². The lowest BCUT2D eigenvalue weighted by molar-refractivity contribution is -0.116. The number of anilines is 1. The lowest BCUT2D eigenvalue weighted by Crippen LogP contribution is -2.24. The fourth-order valence-corrected chi connectivity index (χ4v) is 3.10. The number of aromatic nitrogens is 3. The summed E-state index contributed by atoms with van der Waals surface area (Å²) in [6, 6.07) is 6.48. The fraction of sp³-hybridized carbons (Fsp3) is 0.381. The maximum Gasteiger partial charge on any atom is 0.264 e. The average molecular weight is 402 g/mol. The third-order valence-electron chi connectivity index (χ3n) is 4.94. The van der Waals surface area contributed by atoms with Gasteiger partial charge in [0, 0.05) is 47.9 Å². The van der Waals surface area contributed by atoms with Crippen molar-refractivity contribution in [2.75, 3.05) is 5.32 Å². The van der Waals surface area contributed by atoms with Crippen LogP contribution in [0.2, 0.25) is 0 Å². The molecule has 2 aromatic heterocycles. The van der Waals surface area contributed by atoms with E-state index >= 15 is 0 Å². The maximum absolute atomic E-state index is 13.4. The van der Waals surface area contributed by atoms with E-state index in [0.717, 1.165) is 17.2 Å². The van der Waals surface area contributed by atoms with Crippen molar-refractivity contribution in [1.82, 2.24) is 14.3 Å². The second kappa shape index (κ2) is 8.14. The van der Waals surface area contributed by atoms with Crippen LogP contribution in [-0.2, 0) is 11.3 Å². The van der Waals surface area contributed by atoms with Gasteiger partial charge in [-0.3, -0.25) is 18.8 Å². The first kappa shape index (κ1) is 20.7. The van der Waals surface area contributed by atoms with E-state index in [1.54, 1.807) is 4.68 Å².